The SMILES string of the molecule is CC(=O)c1noc(CC(C)(C)C)n1. The van der Waals surface area contributed by atoms with Gasteiger partial charge in [-0.05, 0) is 5.41 Å². The van der Waals surface area contributed by atoms with Crippen LogP contribution >= 0.6 is 0 Å². The number of nitrogens with zero attached hydrogens (tertiary/aromatic N) is 2. The molecule has 1 rings (SSSR count). The summed E-state index contributed by atoms with van der Waals surface area (Å²) in [4.78, 5) is 14.8. The number of Topliss-reactive ketones (excluding diaryl/α,β-unsaturated/α-hetero) is 1. The number of hydrogen-bond donors (Lipinski definition) is 0. The van der Waals surface area contributed by atoms with Gasteiger partial charge in [-0.15, -0.1) is 0 Å². The van der Waals surface area contributed by atoms with Crippen LogP contribution in [0.15, 0.2) is 4.52 Å². The van der Waals surface area contributed by atoms with Gasteiger partial charge in [0.1, 0.15) is 0 Å². The zero-order valence-corrected chi connectivity index (χ0v) is 8.42. The lowest BCUT2D eigenvalue weighted by molar-refractivity contribution is 0.100. The third kappa shape index (κ3) is 2.97. The van der Waals surface area contributed by atoms with Crippen molar-refractivity contribution in [1.29, 1.82) is 0 Å². The Labute approximate surface area is 77.3 Å². The molecule has 0 saturated carbocycles. The Balaban J connectivity index is 2.75. The standard InChI is InChI=1S/C9H14N2O2/c1-6(12)8-10-7(13-11-8)5-9(2,3)4/h5H2,1-4H3. The maximum atomic E-state index is 10.8. The van der Waals surface area contributed by atoms with E-state index in [1.165, 1.54) is 6.92 Å². The molecule has 0 fully saturated rings. The highest BCUT2D eigenvalue weighted by Crippen LogP contribution is 2.19. The molecule has 72 valence electrons. The second-order valence-corrected chi connectivity index (χ2v) is 4.31. The Morgan fingerprint density at radius 3 is 2.46 bits per heavy atom. The van der Waals surface area contributed by atoms with Gasteiger partial charge in [0.15, 0.2) is 0 Å². The van der Waals surface area contributed by atoms with E-state index in [0.717, 1.165) is 0 Å². The predicted molar refractivity (Wildman–Crippen MR) is 47.5 cm³/mol. The molecule has 0 atom stereocenters. The quantitative estimate of drug-likeness (QED) is 0.655. The van der Waals surface area contributed by atoms with E-state index in [0.29, 0.717) is 12.3 Å². The molecule has 1 aromatic rings. The van der Waals surface area contributed by atoms with Crippen LogP contribution in [0.1, 0.15) is 44.2 Å². The minimum atomic E-state index is -0.163. The van der Waals surface area contributed by atoms with Crippen LogP contribution in [0.4, 0.5) is 0 Å². The molecular weight excluding hydrogens is 168 g/mol. The summed E-state index contributed by atoms with van der Waals surface area (Å²) in [7, 11) is 0. The Hall–Kier alpha value is -1.19. The van der Waals surface area contributed by atoms with Crippen LogP contribution in [0, 0.1) is 5.41 Å². The lowest BCUT2D eigenvalue weighted by atomic mass is 9.92. The summed E-state index contributed by atoms with van der Waals surface area (Å²) < 4.78 is 4.92. The average molecular weight is 182 g/mol. The lowest BCUT2D eigenvalue weighted by Gasteiger charge is -2.13. The van der Waals surface area contributed by atoms with Crippen LogP contribution in [0.3, 0.4) is 0 Å². The number of carbonyl (C=O) groups excluding carboxylic acids is 1. The number of ketones is 1. The second-order valence-electron chi connectivity index (χ2n) is 4.31. The fraction of sp³-hybridized carbons (Fsp3) is 0.667. The van der Waals surface area contributed by atoms with Gasteiger partial charge in [-0.2, -0.15) is 4.98 Å². The molecule has 0 aliphatic heterocycles. The molecule has 4 nitrogen and oxygen atoms in total. The molecule has 0 radical (unpaired) electrons. The summed E-state index contributed by atoms with van der Waals surface area (Å²) in [6.07, 6.45) is 0.688. The van der Waals surface area contributed by atoms with Gasteiger partial charge in [0, 0.05) is 13.3 Å². The highest BCUT2D eigenvalue weighted by atomic mass is 16.5. The number of rotatable bonds is 2. The normalized spacial score (nSPS) is 11.7. The second kappa shape index (κ2) is 3.28. The van der Waals surface area contributed by atoms with Gasteiger partial charge in [-0.1, -0.05) is 25.9 Å². The summed E-state index contributed by atoms with van der Waals surface area (Å²) in [5, 5.41) is 3.56. The summed E-state index contributed by atoms with van der Waals surface area (Å²) in [6.45, 7) is 7.64. The minimum Gasteiger partial charge on any atom is -0.339 e. The van der Waals surface area contributed by atoms with E-state index in [1.807, 2.05) is 0 Å². The molecule has 4 heteroatoms. The van der Waals surface area contributed by atoms with Gasteiger partial charge in [0.2, 0.25) is 17.5 Å². The van der Waals surface area contributed by atoms with Gasteiger partial charge in [0.25, 0.3) is 0 Å². The molecule has 0 bridgehead atoms. The molecule has 0 aromatic carbocycles. The van der Waals surface area contributed by atoms with Crippen molar-refractivity contribution in [3.05, 3.63) is 11.7 Å². The highest BCUT2D eigenvalue weighted by Gasteiger charge is 2.17. The molecule has 1 aromatic heterocycles. The first-order valence-electron chi connectivity index (χ1n) is 4.22. The van der Waals surface area contributed by atoms with Gasteiger partial charge in [0.05, 0.1) is 0 Å². The van der Waals surface area contributed by atoms with Gasteiger partial charge < -0.3 is 4.52 Å². The fourth-order valence-electron chi connectivity index (χ4n) is 0.923. The summed E-state index contributed by atoms with van der Waals surface area (Å²) >= 11 is 0. The van der Waals surface area contributed by atoms with Crippen molar-refractivity contribution in [2.24, 2.45) is 5.41 Å². The van der Waals surface area contributed by atoms with Crippen molar-refractivity contribution in [1.82, 2.24) is 10.1 Å². The Morgan fingerprint density at radius 1 is 1.46 bits per heavy atom. The molecule has 0 saturated heterocycles. The van der Waals surface area contributed by atoms with E-state index in [4.69, 9.17) is 4.52 Å². The van der Waals surface area contributed by atoms with E-state index < -0.39 is 0 Å². The Kier molecular flexibility index (Phi) is 2.50. The van der Waals surface area contributed by atoms with Crippen molar-refractivity contribution < 1.29 is 9.32 Å². The van der Waals surface area contributed by atoms with E-state index in [9.17, 15) is 4.79 Å². The maximum absolute atomic E-state index is 10.8. The molecule has 0 aliphatic rings. The van der Waals surface area contributed by atoms with Crippen molar-refractivity contribution >= 4 is 5.78 Å². The van der Waals surface area contributed by atoms with Gasteiger partial charge >= 0.3 is 0 Å². The van der Waals surface area contributed by atoms with Crippen LogP contribution in [0.25, 0.3) is 0 Å². The van der Waals surface area contributed by atoms with Gasteiger partial charge in [-0.25, -0.2) is 0 Å². The summed E-state index contributed by atoms with van der Waals surface area (Å²) in [5.41, 5.74) is 0.0978. The first-order valence-corrected chi connectivity index (χ1v) is 4.22. The molecule has 0 N–H and O–H groups in total. The van der Waals surface area contributed by atoms with Crippen molar-refractivity contribution in [3.63, 3.8) is 0 Å². The highest BCUT2D eigenvalue weighted by molar-refractivity contribution is 5.89. The molecule has 0 unspecified atom stereocenters. The van der Waals surface area contributed by atoms with Crippen LogP contribution in [0.2, 0.25) is 0 Å². The first kappa shape index (κ1) is 9.89. The van der Waals surface area contributed by atoms with Gasteiger partial charge in [-0.3, -0.25) is 4.79 Å². The molecule has 1 heterocycles. The summed E-state index contributed by atoms with van der Waals surface area (Å²) in [6, 6.07) is 0. The minimum absolute atomic E-state index is 0.0978. The summed E-state index contributed by atoms with van der Waals surface area (Å²) in [5.74, 6) is 0.529. The van der Waals surface area contributed by atoms with Crippen LogP contribution in [0.5, 0.6) is 0 Å². The van der Waals surface area contributed by atoms with Crippen LogP contribution in [-0.2, 0) is 6.42 Å². The molecule has 0 aliphatic carbocycles. The monoisotopic (exact) mass is 182 g/mol. The average Bonchev–Trinajstić information content (AvgIpc) is 2.31. The largest absolute Gasteiger partial charge is 0.339 e. The topological polar surface area (TPSA) is 56.0 Å². The maximum Gasteiger partial charge on any atom is 0.238 e. The zero-order chi connectivity index (χ0) is 10.1. The van der Waals surface area contributed by atoms with E-state index in [-0.39, 0.29) is 17.0 Å². The molecule has 0 amide bonds. The Morgan fingerprint density at radius 2 is 2.08 bits per heavy atom. The third-order valence-electron chi connectivity index (χ3n) is 1.46. The Bertz CT molecular complexity index is 310. The predicted octanol–water partition coefficient (Wildman–Crippen LogP) is 1.86. The smallest absolute Gasteiger partial charge is 0.238 e. The van der Waals surface area contributed by atoms with Crippen LogP contribution in [-0.4, -0.2) is 15.9 Å². The van der Waals surface area contributed by atoms with E-state index in [2.05, 4.69) is 30.9 Å². The van der Waals surface area contributed by atoms with E-state index in [1.54, 1.807) is 0 Å². The van der Waals surface area contributed by atoms with E-state index >= 15 is 0 Å². The molecular formula is C9H14N2O2. The third-order valence-corrected chi connectivity index (χ3v) is 1.46. The fourth-order valence-corrected chi connectivity index (χ4v) is 0.923. The number of hydrogen-bond acceptors (Lipinski definition) is 4. The molecule has 13 heavy (non-hydrogen) atoms. The zero-order valence-electron chi connectivity index (χ0n) is 8.42. The number of carbonyl (C=O) groups is 1. The van der Waals surface area contributed by atoms with Crippen molar-refractivity contribution in [3.8, 4) is 0 Å². The molecule has 0 spiro atoms. The van der Waals surface area contributed by atoms with Crippen molar-refractivity contribution in [2.45, 2.75) is 34.1 Å². The number of aromatic nitrogens is 2. The lowest BCUT2D eigenvalue weighted by Crippen LogP contribution is -2.09. The van der Waals surface area contributed by atoms with Crippen LogP contribution < -0.4 is 0 Å². The first-order chi connectivity index (χ1) is 5.88. The van der Waals surface area contributed by atoms with Crippen molar-refractivity contribution in [2.75, 3.05) is 0 Å².